The van der Waals surface area contributed by atoms with Crippen molar-refractivity contribution in [3.05, 3.63) is 78.2 Å². The summed E-state index contributed by atoms with van der Waals surface area (Å²) in [6, 6.07) is 19.2. The molecule has 26 heavy (non-hydrogen) atoms. The summed E-state index contributed by atoms with van der Waals surface area (Å²) in [5.74, 6) is 0.525. The van der Waals surface area contributed by atoms with Gasteiger partial charge in [0.05, 0.1) is 12.3 Å². The molecule has 2 aromatic carbocycles. The molecular formula is C21H21N3O2. The number of hydrogen-bond acceptors (Lipinski definition) is 4. The zero-order valence-electron chi connectivity index (χ0n) is 14.8. The van der Waals surface area contributed by atoms with E-state index in [4.69, 9.17) is 4.74 Å². The Kier molecular flexibility index (Phi) is 5.71. The Morgan fingerprint density at radius 2 is 1.92 bits per heavy atom. The Balaban J connectivity index is 1.63. The van der Waals surface area contributed by atoms with E-state index in [-0.39, 0.29) is 5.91 Å². The van der Waals surface area contributed by atoms with Crippen LogP contribution in [0.1, 0.15) is 18.3 Å². The number of carbonyl (C=O) groups is 1. The minimum Gasteiger partial charge on any atom is -0.364 e. The van der Waals surface area contributed by atoms with Gasteiger partial charge in [-0.25, -0.2) is 9.97 Å². The Labute approximate surface area is 153 Å². The number of benzene rings is 2. The van der Waals surface area contributed by atoms with Crippen molar-refractivity contribution in [1.82, 2.24) is 9.97 Å². The van der Waals surface area contributed by atoms with Gasteiger partial charge in [0.1, 0.15) is 11.9 Å². The van der Waals surface area contributed by atoms with Gasteiger partial charge in [0.15, 0.2) is 0 Å². The highest BCUT2D eigenvalue weighted by Crippen LogP contribution is 2.21. The molecule has 0 spiro atoms. The third-order valence-corrected chi connectivity index (χ3v) is 3.91. The molecule has 0 radical (unpaired) electrons. The van der Waals surface area contributed by atoms with Crippen LogP contribution in [0, 0.1) is 6.92 Å². The lowest BCUT2D eigenvalue weighted by Gasteiger charge is -2.14. The molecule has 1 heterocycles. The quantitative estimate of drug-likeness (QED) is 0.732. The number of anilines is 1. The lowest BCUT2D eigenvalue weighted by Crippen LogP contribution is -2.27. The van der Waals surface area contributed by atoms with Gasteiger partial charge in [0, 0.05) is 17.4 Å². The van der Waals surface area contributed by atoms with Crippen LogP contribution in [0.2, 0.25) is 0 Å². The van der Waals surface area contributed by atoms with Crippen molar-refractivity contribution in [3.8, 4) is 11.3 Å². The number of amides is 1. The normalized spacial score (nSPS) is 11.8. The van der Waals surface area contributed by atoms with Crippen LogP contribution in [0.5, 0.6) is 0 Å². The van der Waals surface area contributed by atoms with Gasteiger partial charge in [-0.05, 0) is 37.6 Å². The molecular weight excluding hydrogens is 326 g/mol. The van der Waals surface area contributed by atoms with Crippen molar-refractivity contribution in [2.45, 2.75) is 26.6 Å². The molecule has 0 bridgehead atoms. The molecule has 0 unspecified atom stereocenters. The molecule has 1 N–H and O–H groups in total. The van der Waals surface area contributed by atoms with Crippen LogP contribution in [-0.2, 0) is 16.1 Å². The second kappa shape index (κ2) is 8.36. The molecule has 0 aliphatic carbocycles. The Bertz CT molecular complexity index is 881. The van der Waals surface area contributed by atoms with Gasteiger partial charge >= 0.3 is 0 Å². The average molecular weight is 347 g/mol. The summed E-state index contributed by atoms with van der Waals surface area (Å²) in [4.78, 5) is 20.9. The van der Waals surface area contributed by atoms with Gasteiger partial charge in [0.2, 0.25) is 0 Å². The standard InChI is InChI=1S/C21H21N3O2/c1-15(26-14-17-7-4-3-5-8-17)21(25)24-19-10-6-9-18(13-19)20-11-12-22-16(2)23-20/h3-13,15H,14H2,1-2H3,(H,24,25)/t15-/m0/s1. The van der Waals surface area contributed by atoms with E-state index in [1.807, 2.05) is 67.6 Å². The van der Waals surface area contributed by atoms with Crippen LogP contribution in [0.4, 0.5) is 5.69 Å². The van der Waals surface area contributed by atoms with E-state index in [0.29, 0.717) is 18.1 Å². The summed E-state index contributed by atoms with van der Waals surface area (Å²) >= 11 is 0. The SMILES string of the molecule is Cc1nccc(-c2cccc(NC(=O)[C@H](C)OCc3ccccc3)c2)n1. The Morgan fingerprint density at radius 1 is 1.12 bits per heavy atom. The molecule has 1 aromatic heterocycles. The molecule has 3 rings (SSSR count). The predicted molar refractivity (Wildman–Crippen MR) is 102 cm³/mol. The van der Waals surface area contributed by atoms with E-state index in [0.717, 1.165) is 16.8 Å². The fourth-order valence-electron chi connectivity index (χ4n) is 2.49. The average Bonchev–Trinajstić information content (AvgIpc) is 2.67. The van der Waals surface area contributed by atoms with Crippen molar-refractivity contribution in [1.29, 1.82) is 0 Å². The maximum atomic E-state index is 12.4. The van der Waals surface area contributed by atoms with Crippen molar-refractivity contribution < 1.29 is 9.53 Å². The molecule has 0 aliphatic heterocycles. The molecule has 0 aliphatic rings. The lowest BCUT2D eigenvalue weighted by atomic mass is 10.1. The monoisotopic (exact) mass is 347 g/mol. The largest absolute Gasteiger partial charge is 0.364 e. The summed E-state index contributed by atoms with van der Waals surface area (Å²) in [6.07, 6.45) is 1.17. The highest BCUT2D eigenvalue weighted by atomic mass is 16.5. The molecule has 0 saturated heterocycles. The number of nitrogens with zero attached hydrogens (tertiary/aromatic N) is 2. The summed E-state index contributed by atoms with van der Waals surface area (Å²) < 4.78 is 5.66. The molecule has 0 fully saturated rings. The third kappa shape index (κ3) is 4.74. The first-order valence-corrected chi connectivity index (χ1v) is 8.48. The van der Waals surface area contributed by atoms with Crippen molar-refractivity contribution in [2.75, 3.05) is 5.32 Å². The first kappa shape index (κ1) is 17.8. The summed E-state index contributed by atoms with van der Waals surface area (Å²) in [7, 11) is 0. The fourth-order valence-corrected chi connectivity index (χ4v) is 2.49. The maximum absolute atomic E-state index is 12.4. The molecule has 3 aromatic rings. The fraction of sp³-hybridized carbons (Fsp3) is 0.190. The van der Waals surface area contributed by atoms with Gasteiger partial charge < -0.3 is 10.1 Å². The molecule has 5 heteroatoms. The number of aromatic nitrogens is 2. The molecule has 0 saturated carbocycles. The van der Waals surface area contributed by atoms with Gasteiger partial charge in [-0.15, -0.1) is 0 Å². The summed E-state index contributed by atoms with van der Waals surface area (Å²) in [6.45, 7) is 3.99. The third-order valence-electron chi connectivity index (χ3n) is 3.91. The molecule has 1 amide bonds. The second-order valence-corrected chi connectivity index (χ2v) is 6.00. The topological polar surface area (TPSA) is 64.1 Å². The van der Waals surface area contributed by atoms with Crippen LogP contribution >= 0.6 is 0 Å². The summed E-state index contributed by atoms with van der Waals surface area (Å²) in [5.41, 5.74) is 3.49. The van der Waals surface area contributed by atoms with Gasteiger partial charge in [0.25, 0.3) is 5.91 Å². The molecule has 1 atom stereocenters. The Hall–Kier alpha value is -3.05. The van der Waals surface area contributed by atoms with Crippen LogP contribution < -0.4 is 5.32 Å². The van der Waals surface area contributed by atoms with E-state index >= 15 is 0 Å². The van der Waals surface area contributed by atoms with Gasteiger partial charge in [-0.3, -0.25) is 4.79 Å². The number of ether oxygens (including phenoxy) is 1. The van der Waals surface area contributed by atoms with Gasteiger partial charge in [-0.1, -0.05) is 42.5 Å². The zero-order valence-corrected chi connectivity index (χ0v) is 14.8. The van der Waals surface area contributed by atoms with E-state index in [1.165, 1.54) is 0 Å². The Morgan fingerprint density at radius 3 is 2.69 bits per heavy atom. The van der Waals surface area contributed by atoms with Crippen LogP contribution in [0.15, 0.2) is 66.9 Å². The number of rotatable bonds is 6. The number of aryl methyl sites for hydroxylation is 1. The summed E-state index contributed by atoms with van der Waals surface area (Å²) in [5, 5.41) is 2.90. The second-order valence-electron chi connectivity index (χ2n) is 6.00. The highest BCUT2D eigenvalue weighted by molar-refractivity contribution is 5.94. The van der Waals surface area contributed by atoms with Crippen molar-refractivity contribution >= 4 is 11.6 Å². The minimum absolute atomic E-state index is 0.183. The lowest BCUT2D eigenvalue weighted by molar-refractivity contribution is -0.127. The van der Waals surface area contributed by atoms with Crippen molar-refractivity contribution in [2.24, 2.45) is 0 Å². The number of hydrogen-bond donors (Lipinski definition) is 1. The van der Waals surface area contributed by atoms with E-state index in [9.17, 15) is 4.79 Å². The first-order valence-electron chi connectivity index (χ1n) is 8.48. The smallest absolute Gasteiger partial charge is 0.253 e. The molecule has 5 nitrogen and oxygen atoms in total. The van der Waals surface area contributed by atoms with E-state index < -0.39 is 6.10 Å². The van der Waals surface area contributed by atoms with Crippen LogP contribution in [-0.4, -0.2) is 22.0 Å². The highest BCUT2D eigenvalue weighted by Gasteiger charge is 2.14. The number of carbonyl (C=O) groups excluding carboxylic acids is 1. The first-order chi connectivity index (χ1) is 12.6. The van der Waals surface area contributed by atoms with Gasteiger partial charge in [-0.2, -0.15) is 0 Å². The van der Waals surface area contributed by atoms with Crippen LogP contribution in [0.3, 0.4) is 0 Å². The minimum atomic E-state index is -0.555. The molecule has 132 valence electrons. The predicted octanol–water partition coefficient (Wildman–Crippen LogP) is 4.00. The zero-order chi connectivity index (χ0) is 18.4. The van der Waals surface area contributed by atoms with E-state index in [2.05, 4.69) is 15.3 Å². The number of nitrogens with one attached hydrogen (secondary N) is 1. The van der Waals surface area contributed by atoms with Crippen LogP contribution in [0.25, 0.3) is 11.3 Å². The van der Waals surface area contributed by atoms with E-state index in [1.54, 1.807) is 13.1 Å². The van der Waals surface area contributed by atoms with Crippen molar-refractivity contribution in [3.63, 3.8) is 0 Å². The maximum Gasteiger partial charge on any atom is 0.253 e.